The van der Waals surface area contributed by atoms with Gasteiger partial charge in [-0.05, 0) is 49.2 Å². The van der Waals surface area contributed by atoms with Crippen molar-refractivity contribution in [1.82, 2.24) is 35.5 Å². The first-order valence-electron chi connectivity index (χ1n) is 10.9. The van der Waals surface area contributed by atoms with Gasteiger partial charge in [0.15, 0.2) is 5.69 Å². The Morgan fingerprint density at radius 1 is 1.26 bits per heavy atom. The Kier molecular flexibility index (Phi) is 5.77. The standard InChI is InChI=1S/C23H20ClN7O4/c1-12(20-16(24)3-2-8-25-20)26-21(33)17-11-31(29-28-17)14-4-5-15-13(9-14)10-30(23(15)35)18-6-7-19(32)27-22(18)34/h2-5,8-9,11-12,18H,6-7,10H2,1H3,(H,26,33)(H,27,32,34). The lowest BCUT2D eigenvalue weighted by Crippen LogP contribution is -2.52. The highest BCUT2D eigenvalue weighted by molar-refractivity contribution is 6.31. The fraction of sp³-hybridized carbons (Fsp3) is 0.261. The van der Waals surface area contributed by atoms with Crippen LogP contribution in [0.1, 0.15) is 57.9 Å². The number of hydrogen-bond donors (Lipinski definition) is 2. The monoisotopic (exact) mass is 493 g/mol. The highest BCUT2D eigenvalue weighted by Gasteiger charge is 2.39. The number of carbonyl (C=O) groups excluding carboxylic acids is 4. The van der Waals surface area contributed by atoms with Crippen molar-refractivity contribution in [2.75, 3.05) is 0 Å². The molecule has 178 valence electrons. The Balaban J connectivity index is 1.31. The Labute approximate surface area is 204 Å². The molecular formula is C23H20ClN7O4. The molecule has 0 spiro atoms. The molecule has 1 aromatic carbocycles. The second kappa shape index (κ2) is 8.91. The fourth-order valence-electron chi connectivity index (χ4n) is 4.25. The molecule has 0 aliphatic carbocycles. The maximum Gasteiger partial charge on any atom is 0.274 e. The summed E-state index contributed by atoms with van der Waals surface area (Å²) in [4.78, 5) is 54.9. The van der Waals surface area contributed by atoms with Crippen LogP contribution in [-0.2, 0) is 16.1 Å². The number of nitrogens with one attached hydrogen (secondary N) is 2. The number of piperidine rings is 1. The van der Waals surface area contributed by atoms with Crippen LogP contribution >= 0.6 is 11.6 Å². The van der Waals surface area contributed by atoms with E-state index in [-0.39, 0.29) is 30.5 Å². The molecule has 2 aliphatic rings. The van der Waals surface area contributed by atoms with Crippen LogP contribution in [0.4, 0.5) is 0 Å². The number of amides is 4. The van der Waals surface area contributed by atoms with Gasteiger partial charge in [-0.3, -0.25) is 29.5 Å². The third kappa shape index (κ3) is 4.26. The van der Waals surface area contributed by atoms with Crippen molar-refractivity contribution in [2.24, 2.45) is 0 Å². The zero-order valence-electron chi connectivity index (χ0n) is 18.6. The summed E-state index contributed by atoms with van der Waals surface area (Å²) >= 11 is 6.15. The van der Waals surface area contributed by atoms with Crippen LogP contribution in [0.5, 0.6) is 0 Å². The number of nitrogens with zero attached hydrogens (tertiary/aromatic N) is 5. The number of carbonyl (C=O) groups is 4. The number of benzene rings is 1. The number of imide groups is 1. The highest BCUT2D eigenvalue weighted by atomic mass is 35.5. The average Bonchev–Trinajstić information content (AvgIpc) is 3.45. The smallest absolute Gasteiger partial charge is 0.274 e. The molecule has 2 unspecified atom stereocenters. The molecule has 1 fully saturated rings. The topological polar surface area (TPSA) is 139 Å². The van der Waals surface area contributed by atoms with E-state index in [1.807, 2.05) is 0 Å². The van der Waals surface area contributed by atoms with E-state index >= 15 is 0 Å². The average molecular weight is 494 g/mol. The molecule has 12 heteroatoms. The van der Waals surface area contributed by atoms with Crippen molar-refractivity contribution in [3.8, 4) is 5.69 Å². The number of aromatic nitrogens is 4. The molecule has 11 nitrogen and oxygen atoms in total. The van der Waals surface area contributed by atoms with E-state index in [0.29, 0.717) is 28.4 Å². The first-order valence-corrected chi connectivity index (χ1v) is 11.3. The largest absolute Gasteiger partial charge is 0.342 e. The molecule has 4 heterocycles. The van der Waals surface area contributed by atoms with Crippen LogP contribution in [0.15, 0.2) is 42.7 Å². The lowest BCUT2D eigenvalue weighted by Gasteiger charge is -2.29. The molecule has 0 bridgehead atoms. The normalized spacial score (nSPS) is 18.3. The molecule has 5 rings (SSSR count). The number of halogens is 1. The summed E-state index contributed by atoms with van der Waals surface area (Å²) < 4.78 is 1.44. The van der Waals surface area contributed by atoms with Gasteiger partial charge in [0.25, 0.3) is 11.8 Å². The molecule has 2 N–H and O–H groups in total. The first kappa shape index (κ1) is 22.7. The molecule has 2 atom stereocenters. The molecule has 35 heavy (non-hydrogen) atoms. The summed E-state index contributed by atoms with van der Waals surface area (Å²) in [6.07, 6.45) is 3.57. The first-order chi connectivity index (χ1) is 16.8. The van der Waals surface area contributed by atoms with E-state index in [1.54, 1.807) is 43.5 Å². The number of pyridine rings is 1. The summed E-state index contributed by atoms with van der Waals surface area (Å²) in [6, 6.07) is 7.40. The van der Waals surface area contributed by atoms with Gasteiger partial charge >= 0.3 is 0 Å². The SMILES string of the molecule is CC(NC(=O)c1cn(-c2ccc3c(c2)CN(C2CCC(=O)NC2=O)C3=O)nn1)c1ncccc1Cl. The van der Waals surface area contributed by atoms with Crippen LogP contribution < -0.4 is 10.6 Å². The Hall–Kier alpha value is -4.12. The van der Waals surface area contributed by atoms with Crippen molar-refractivity contribution >= 4 is 35.2 Å². The summed E-state index contributed by atoms with van der Waals surface area (Å²) in [5, 5.41) is 13.5. The van der Waals surface area contributed by atoms with Crippen LogP contribution in [0, 0.1) is 0 Å². The van der Waals surface area contributed by atoms with Crippen LogP contribution in [0.3, 0.4) is 0 Å². The molecule has 1 saturated heterocycles. The quantitative estimate of drug-likeness (QED) is 0.514. The highest BCUT2D eigenvalue weighted by Crippen LogP contribution is 2.29. The van der Waals surface area contributed by atoms with Gasteiger partial charge in [0.2, 0.25) is 11.8 Å². The van der Waals surface area contributed by atoms with Gasteiger partial charge in [-0.25, -0.2) is 4.68 Å². The maximum atomic E-state index is 12.9. The minimum Gasteiger partial charge on any atom is -0.342 e. The van der Waals surface area contributed by atoms with Gasteiger partial charge < -0.3 is 10.2 Å². The van der Waals surface area contributed by atoms with Gasteiger partial charge in [-0.15, -0.1) is 5.10 Å². The maximum absolute atomic E-state index is 12.9. The zero-order valence-corrected chi connectivity index (χ0v) is 19.3. The van der Waals surface area contributed by atoms with E-state index < -0.39 is 23.9 Å². The molecule has 4 amide bonds. The number of hydrogen-bond acceptors (Lipinski definition) is 7. The summed E-state index contributed by atoms with van der Waals surface area (Å²) in [5.41, 5.74) is 2.45. The van der Waals surface area contributed by atoms with Crippen LogP contribution in [0.2, 0.25) is 5.02 Å². The third-order valence-electron chi connectivity index (χ3n) is 6.04. The second-order valence-electron chi connectivity index (χ2n) is 8.36. The Morgan fingerprint density at radius 3 is 2.86 bits per heavy atom. The lowest BCUT2D eigenvalue weighted by atomic mass is 10.0. The molecule has 2 aromatic heterocycles. The number of rotatable bonds is 5. The second-order valence-corrected chi connectivity index (χ2v) is 8.76. The van der Waals surface area contributed by atoms with E-state index in [4.69, 9.17) is 11.6 Å². The minimum absolute atomic E-state index is 0.102. The zero-order chi connectivity index (χ0) is 24.7. The predicted molar refractivity (Wildman–Crippen MR) is 123 cm³/mol. The minimum atomic E-state index is -0.688. The van der Waals surface area contributed by atoms with Gasteiger partial charge in [0.1, 0.15) is 6.04 Å². The lowest BCUT2D eigenvalue weighted by molar-refractivity contribution is -0.136. The van der Waals surface area contributed by atoms with Crippen molar-refractivity contribution in [1.29, 1.82) is 0 Å². The van der Waals surface area contributed by atoms with Crippen LogP contribution in [0.25, 0.3) is 5.69 Å². The van der Waals surface area contributed by atoms with E-state index in [0.717, 1.165) is 5.56 Å². The van der Waals surface area contributed by atoms with Crippen molar-refractivity contribution < 1.29 is 19.2 Å². The number of fused-ring (bicyclic) bond motifs is 1. The van der Waals surface area contributed by atoms with E-state index in [2.05, 4.69) is 25.9 Å². The van der Waals surface area contributed by atoms with Gasteiger partial charge in [0.05, 0.1) is 28.6 Å². The molecule has 0 radical (unpaired) electrons. The summed E-state index contributed by atoms with van der Waals surface area (Å²) in [7, 11) is 0. The van der Waals surface area contributed by atoms with E-state index in [9.17, 15) is 19.2 Å². The van der Waals surface area contributed by atoms with Gasteiger partial charge in [0, 0.05) is 24.7 Å². The molecule has 2 aliphatic heterocycles. The van der Waals surface area contributed by atoms with Crippen molar-refractivity contribution in [3.05, 3.63) is 70.3 Å². The predicted octanol–water partition coefficient (Wildman–Crippen LogP) is 1.57. The summed E-state index contributed by atoms with van der Waals surface area (Å²) in [5.74, 6) is -1.50. The van der Waals surface area contributed by atoms with Crippen molar-refractivity contribution in [3.63, 3.8) is 0 Å². The Bertz CT molecular complexity index is 1370. The molecular weight excluding hydrogens is 474 g/mol. The summed E-state index contributed by atoms with van der Waals surface area (Å²) in [6.45, 7) is 2.00. The molecule has 3 aromatic rings. The van der Waals surface area contributed by atoms with E-state index in [1.165, 1.54) is 15.8 Å². The molecule has 0 saturated carbocycles. The van der Waals surface area contributed by atoms with Gasteiger partial charge in [-0.2, -0.15) is 0 Å². The van der Waals surface area contributed by atoms with Crippen molar-refractivity contribution in [2.45, 2.75) is 38.4 Å². The Morgan fingerprint density at radius 2 is 2.09 bits per heavy atom. The fourth-order valence-corrected chi connectivity index (χ4v) is 4.54. The third-order valence-corrected chi connectivity index (χ3v) is 6.36. The van der Waals surface area contributed by atoms with Crippen LogP contribution in [-0.4, -0.2) is 54.5 Å². The van der Waals surface area contributed by atoms with Gasteiger partial charge in [-0.1, -0.05) is 16.8 Å².